The highest BCUT2D eigenvalue weighted by molar-refractivity contribution is 5.15. The van der Waals surface area contributed by atoms with Crippen LogP contribution in [-0.4, -0.2) is 11.5 Å². The molecule has 0 amide bonds. The summed E-state index contributed by atoms with van der Waals surface area (Å²) in [6.45, 7) is 3.37. The minimum absolute atomic E-state index is 0.515. The van der Waals surface area contributed by atoms with E-state index in [0.29, 0.717) is 6.04 Å². The number of aromatic nitrogens is 1. The van der Waals surface area contributed by atoms with E-state index in [4.69, 9.17) is 0 Å². The molecule has 21 heavy (non-hydrogen) atoms. The highest BCUT2D eigenvalue weighted by Gasteiger charge is 2.35. The molecule has 1 aromatic heterocycles. The first kappa shape index (κ1) is 15.0. The fourth-order valence-corrected chi connectivity index (χ4v) is 4.63. The van der Waals surface area contributed by atoms with Gasteiger partial charge in [-0.25, -0.2) is 0 Å². The molecule has 1 N–H and O–H groups in total. The smallest absolute Gasteiger partial charge is 0.0364 e. The van der Waals surface area contributed by atoms with Crippen LogP contribution in [0.4, 0.5) is 0 Å². The van der Waals surface area contributed by atoms with Crippen molar-refractivity contribution in [2.45, 2.75) is 64.3 Å². The van der Waals surface area contributed by atoms with E-state index in [2.05, 4.69) is 35.6 Å². The van der Waals surface area contributed by atoms with E-state index in [1.165, 1.54) is 56.9 Å². The Kier molecular flexibility index (Phi) is 5.29. The molecular weight excluding hydrogens is 256 g/mol. The summed E-state index contributed by atoms with van der Waals surface area (Å²) >= 11 is 0. The fourth-order valence-electron chi connectivity index (χ4n) is 4.63. The molecular formula is C19H30N2. The van der Waals surface area contributed by atoms with Crippen molar-refractivity contribution in [2.24, 2.45) is 17.8 Å². The van der Waals surface area contributed by atoms with Crippen LogP contribution in [0.25, 0.3) is 0 Å². The number of hydrogen-bond acceptors (Lipinski definition) is 2. The zero-order chi connectivity index (χ0) is 14.5. The number of rotatable bonds is 5. The van der Waals surface area contributed by atoms with E-state index < -0.39 is 0 Å². The summed E-state index contributed by atoms with van der Waals surface area (Å²) in [7, 11) is 0. The predicted molar refractivity (Wildman–Crippen MR) is 88.1 cm³/mol. The van der Waals surface area contributed by atoms with E-state index in [1.54, 1.807) is 0 Å². The lowest BCUT2D eigenvalue weighted by molar-refractivity contribution is 0.109. The largest absolute Gasteiger partial charge is 0.310 e. The van der Waals surface area contributed by atoms with Crippen LogP contribution in [-0.2, 0) is 0 Å². The van der Waals surface area contributed by atoms with E-state index in [9.17, 15) is 0 Å². The third-order valence-electron chi connectivity index (χ3n) is 5.71. The molecule has 116 valence electrons. The van der Waals surface area contributed by atoms with Gasteiger partial charge in [0.2, 0.25) is 0 Å². The van der Waals surface area contributed by atoms with Gasteiger partial charge in [0.15, 0.2) is 0 Å². The molecule has 0 spiro atoms. The number of hydrogen-bond donors (Lipinski definition) is 1. The Morgan fingerprint density at radius 2 is 2.05 bits per heavy atom. The third kappa shape index (κ3) is 3.66. The van der Waals surface area contributed by atoms with Gasteiger partial charge >= 0.3 is 0 Å². The topological polar surface area (TPSA) is 24.9 Å². The number of nitrogens with zero attached hydrogens (tertiary/aromatic N) is 1. The van der Waals surface area contributed by atoms with Gasteiger partial charge in [0, 0.05) is 18.4 Å². The maximum Gasteiger partial charge on any atom is 0.0364 e. The Morgan fingerprint density at radius 1 is 1.19 bits per heavy atom. The fraction of sp³-hybridized carbons (Fsp3) is 0.737. The third-order valence-corrected chi connectivity index (χ3v) is 5.71. The number of pyridine rings is 1. The zero-order valence-electron chi connectivity index (χ0n) is 13.4. The monoisotopic (exact) mass is 286 g/mol. The van der Waals surface area contributed by atoms with Crippen molar-refractivity contribution in [3.8, 4) is 0 Å². The normalized spacial score (nSPS) is 30.6. The molecule has 1 aromatic rings. The predicted octanol–water partition coefficient (Wildman–Crippen LogP) is 4.73. The second-order valence-corrected chi connectivity index (χ2v) is 7.10. The summed E-state index contributed by atoms with van der Waals surface area (Å²) in [6, 6.07) is 4.86. The SMILES string of the molecule is CCCNC(c1cccnc1)C1CCC2CCCCC2C1. The highest BCUT2D eigenvalue weighted by atomic mass is 14.9. The molecule has 1 heterocycles. The van der Waals surface area contributed by atoms with Crippen molar-refractivity contribution in [3.05, 3.63) is 30.1 Å². The van der Waals surface area contributed by atoms with E-state index in [-0.39, 0.29) is 0 Å². The quantitative estimate of drug-likeness (QED) is 0.846. The Labute approximate surface area is 129 Å². The van der Waals surface area contributed by atoms with Gasteiger partial charge in [-0.15, -0.1) is 0 Å². The molecule has 4 atom stereocenters. The summed E-state index contributed by atoms with van der Waals surface area (Å²) in [5.74, 6) is 2.84. The standard InChI is InChI=1S/C19H30N2/c1-2-11-21-19(18-8-5-12-20-14-18)17-10-9-15-6-3-4-7-16(15)13-17/h5,8,12,14-17,19,21H,2-4,6-7,9-11,13H2,1H3. The van der Waals surface area contributed by atoms with Crippen molar-refractivity contribution < 1.29 is 0 Å². The Bertz CT molecular complexity index is 417. The lowest BCUT2D eigenvalue weighted by atomic mass is 9.65. The lowest BCUT2D eigenvalue weighted by Gasteiger charge is -2.42. The first-order valence-electron chi connectivity index (χ1n) is 9.01. The molecule has 2 aliphatic rings. The number of nitrogens with one attached hydrogen (secondary N) is 1. The Hall–Kier alpha value is -0.890. The van der Waals surface area contributed by atoms with Crippen LogP contribution in [0.1, 0.15) is 69.9 Å². The summed E-state index contributed by atoms with van der Waals surface area (Å²) in [5, 5.41) is 3.81. The Morgan fingerprint density at radius 3 is 2.81 bits per heavy atom. The van der Waals surface area contributed by atoms with Crippen LogP contribution < -0.4 is 5.32 Å². The first-order valence-corrected chi connectivity index (χ1v) is 9.01. The van der Waals surface area contributed by atoms with Crippen LogP contribution in [0.15, 0.2) is 24.5 Å². The van der Waals surface area contributed by atoms with Gasteiger partial charge in [-0.1, -0.05) is 38.7 Å². The van der Waals surface area contributed by atoms with E-state index in [1.807, 2.05) is 6.20 Å². The molecule has 2 fully saturated rings. The van der Waals surface area contributed by atoms with Gasteiger partial charge in [0.1, 0.15) is 0 Å². The van der Waals surface area contributed by atoms with Crippen LogP contribution in [0.3, 0.4) is 0 Å². The average molecular weight is 286 g/mol. The molecule has 0 bridgehead atoms. The zero-order valence-corrected chi connectivity index (χ0v) is 13.4. The van der Waals surface area contributed by atoms with Crippen molar-refractivity contribution in [2.75, 3.05) is 6.54 Å². The van der Waals surface area contributed by atoms with Crippen molar-refractivity contribution in [1.82, 2.24) is 10.3 Å². The minimum Gasteiger partial charge on any atom is -0.310 e. The molecule has 0 aromatic carbocycles. The molecule has 0 radical (unpaired) electrons. The second kappa shape index (κ2) is 7.40. The van der Waals surface area contributed by atoms with Crippen LogP contribution in [0, 0.1) is 17.8 Å². The maximum atomic E-state index is 4.35. The molecule has 2 aliphatic carbocycles. The van der Waals surface area contributed by atoms with Crippen molar-refractivity contribution in [3.63, 3.8) is 0 Å². The summed E-state index contributed by atoms with van der Waals surface area (Å²) in [4.78, 5) is 4.35. The molecule has 0 saturated heterocycles. The van der Waals surface area contributed by atoms with Gasteiger partial charge in [-0.3, -0.25) is 4.98 Å². The van der Waals surface area contributed by atoms with E-state index >= 15 is 0 Å². The van der Waals surface area contributed by atoms with Gasteiger partial charge in [0.25, 0.3) is 0 Å². The molecule has 3 rings (SSSR count). The summed E-state index contributed by atoms with van der Waals surface area (Å²) in [6.07, 6.45) is 15.4. The van der Waals surface area contributed by atoms with Crippen molar-refractivity contribution >= 4 is 0 Å². The first-order chi connectivity index (χ1) is 10.4. The maximum absolute atomic E-state index is 4.35. The molecule has 2 nitrogen and oxygen atoms in total. The highest BCUT2D eigenvalue weighted by Crippen LogP contribution is 2.46. The summed E-state index contributed by atoms with van der Waals surface area (Å²) < 4.78 is 0. The van der Waals surface area contributed by atoms with Gasteiger partial charge in [0.05, 0.1) is 0 Å². The average Bonchev–Trinajstić information content (AvgIpc) is 2.56. The molecule has 2 heteroatoms. The van der Waals surface area contributed by atoms with Gasteiger partial charge < -0.3 is 5.32 Å². The van der Waals surface area contributed by atoms with Gasteiger partial charge in [-0.05, 0) is 61.6 Å². The van der Waals surface area contributed by atoms with Crippen molar-refractivity contribution in [1.29, 1.82) is 0 Å². The molecule has 2 saturated carbocycles. The molecule has 0 aliphatic heterocycles. The molecule has 4 unspecified atom stereocenters. The van der Waals surface area contributed by atoms with Gasteiger partial charge in [-0.2, -0.15) is 0 Å². The van der Waals surface area contributed by atoms with E-state index in [0.717, 1.165) is 24.3 Å². The van der Waals surface area contributed by atoms with Crippen LogP contribution >= 0.6 is 0 Å². The van der Waals surface area contributed by atoms with Crippen LogP contribution in [0.2, 0.25) is 0 Å². The van der Waals surface area contributed by atoms with Crippen LogP contribution in [0.5, 0.6) is 0 Å². The lowest BCUT2D eigenvalue weighted by Crippen LogP contribution is -2.36. The minimum atomic E-state index is 0.515. The second-order valence-electron chi connectivity index (χ2n) is 7.10. The number of fused-ring (bicyclic) bond motifs is 1. The Balaban J connectivity index is 1.70. The summed E-state index contributed by atoms with van der Waals surface area (Å²) in [5.41, 5.74) is 1.39.